The van der Waals surface area contributed by atoms with Crippen molar-refractivity contribution in [2.45, 2.75) is 45.2 Å². The highest BCUT2D eigenvalue weighted by Crippen LogP contribution is 2.36. The molecule has 1 aliphatic rings. The topological polar surface area (TPSA) is 93.1 Å². The Labute approximate surface area is 194 Å². The second-order valence-corrected chi connectivity index (χ2v) is 10.4. The lowest BCUT2D eigenvalue weighted by molar-refractivity contribution is -0.117. The molecular weight excluding hydrogens is 444 g/mol. The Morgan fingerprint density at radius 3 is 2.69 bits per heavy atom. The van der Waals surface area contributed by atoms with Gasteiger partial charge < -0.3 is 5.32 Å². The molecule has 0 unspecified atom stereocenters. The van der Waals surface area contributed by atoms with Crippen LogP contribution in [0.1, 0.15) is 36.3 Å². The van der Waals surface area contributed by atoms with Crippen molar-refractivity contribution < 1.29 is 9.59 Å². The van der Waals surface area contributed by atoms with Crippen molar-refractivity contribution in [1.82, 2.24) is 20.2 Å². The number of carbonyl (C=O) groups is 2. The molecule has 0 spiro atoms. The van der Waals surface area contributed by atoms with Gasteiger partial charge in [0.15, 0.2) is 5.16 Å². The van der Waals surface area contributed by atoms with Crippen LogP contribution in [0.15, 0.2) is 34.2 Å². The molecule has 0 bridgehead atoms. The number of hydrogen-bond acceptors (Lipinski definition) is 6. The molecule has 2 N–H and O–H groups in total. The van der Waals surface area contributed by atoms with Gasteiger partial charge in [0.25, 0.3) is 5.56 Å². The summed E-state index contributed by atoms with van der Waals surface area (Å²) in [4.78, 5) is 44.5. The predicted molar refractivity (Wildman–Crippen MR) is 129 cm³/mol. The van der Waals surface area contributed by atoms with Crippen molar-refractivity contribution in [1.29, 1.82) is 0 Å². The van der Waals surface area contributed by atoms with Crippen molar-refractivity contribution >= 4 is 45.3 Å². The number of fused-ring (bicyclic) bond motifs is 3. The van der Waals surface area contributed by atoms with Gasteiger partial charge in [-0.3, -0.25) is 19.5 Å². The number of rotatable bonds is 6. The van der Waals surface area contributed by atoms with Crippen LogP contribution in [0.25, 0.3) is 15.9 Å². The zero-order chi connectivity index (χ0) is 22.8. The van der Waals surface area contributed by atoms with Gasteiger partial charge in [0.2, 0.25) is 5.91 Å². The minimum Gasteiger partial charge on any atom is -0.338 e. The van der Waals surface area contributed by atoms with Crippen LogP contribution in [0, 0.1) is 12.8 Å². The SMILES string of the molecule is Cc1ccc(-n2c(SCC(=O)NC(=O)NCC(C)C)nc3sc4c(c3c2=O)CCC4)cc1. The fraction of sp³-hybridized carbons (Fsp3) is 0.391. The Balaban J connectivity index is 1.64. The lowest BCUT2D eigenvalue weighted by Crippen LogP contribution is -2.41. The van der Waals surface area contributed by atoms with Gasteiger partial charge in [0.05, 0.1) is 16.8 Å². The molecule has 1 aliphatic carbocycles. The molecule has 0 fully saturated rings. The Kier molecular flexibility index (Phi) is 6.66. The average molecular weight is 471 g/mol. The van der Waals surface area contributed by atoms with E-state index in [2.05, 4.69) is 10.6 Å². The number of urea groups is 1. The van der Waals surface area contributed by atoms with Gasteiger partial charge in [-0.1, -0.05) is 43.3 Å². The summed E-state index contributed by atoms with van der Waals surface area (Å²) >= 11 is 2.73. The van der Waals surface area contributed by atoms with Crippen LogP contribution >= 0.6 is 23.1 Å². The fourth-order valence-corrected chi connectivity index (χ4v) is 5.79. The molecule has 168 valence electrons. The summed E-state index contributed by atoms with van der Waals surface area (Å²) in [5.41, 5.74) is 2.83. The molecule has 0 atom stereocenters. The first kappa shape index (κ1) is 22.5. The summed E-state index contributed by atoms with van der Waals surface area (Å²) in [6, 6.07) is 7.16. The van der Waals surface area contributed by atoms with Crippen molar-refractivity contribution in [3.05, 3.63) is 50.6 Å². The molecule has 0 aliphatic heterocycles. The van der Waals surface area contributed by atoms with Gasteiger partial charge in [-0.05, 0) is 49.8 Å². The van der Waals surface area contributed by atoms with E-state index in [1.807, 2.05) is 45.0 Å². The standard InChI is InChI=1S/C23H26N4O3S2/c1-13(2)11-24-22(30)25-18(28)12-31-23-26-20-19(16-5-4-6-17(16)32-20)21(29)27(23)15-9-7-14(3)8-10-15/h7-10,13H,4-6,11-12H2,1-3H3,(H2,24,25,28,30). The molecule has 2 aromatic heterocycles. The van der Waals surface area contributed by atoms with E-state index in [0.717, 1.165) is 47.0 Å². The normalized spacial score (nSPS) is 12.9. The van der Waals surface area contributed by atoms with E-state index >= 15 is 0 Å². The Morgan fingerprint density at radius 2 is 1.97 bits per heavy atom. The zero-order valence-corrected chi connectivity index (χ0v) is 20.0. The first-order valence-electron chi connectivity index (χ1n) is 10.7. The van der Waals surface area contributed by atoms with Gasteiger partial charge in [0.1, 0.15) is 4.83 Å². The second-order valence-electron chi connectivity index (χ2n) is 8.35. The highest BCUT2D eigenvalue weighted by molar-refractivity contribution is 7.99. The van der Waals surface area contributed by atoms with Crippen molar-refractivity contribution in [3.63, 3.8) is 0 Å². The number of aromatic nitrogens is 2. The maximum atomic E-state index is 13.6. The number of thioether (sulfide) groups is 1. The van der Waals surface area contributed by atoms with Crippen LogP contribution in [-0.2, 0) is 17.6 Å². The molecule has 0 saturated heterocycles. The summed E-state index contributed by atoms with van der Waals surface area (Å²) in [6.45, 7) is 6.43. The van der Waals surface area contributed by atoms with Crippen molar-refractivity contribution in [3.8, 4) is 5.69 Å². The minimum atomic E-state index is -0.515. The van der Waals surface area contributed by atoms with Crippen LogP contribution < -0.4 is 16.2 Å². The number of hydrogen-bond donors (Lipinski definition) is 2. The number of carbonyl (C=O) groups excluding carboxylic acids is 2. The highest BCUT2D eigenvalue weighted by atomic mass is 32.2. The Morgan fingerprint density at radius 1 is 1.22 bits per heavy atom. The van der Waals surface area contributed by atoms with Crippen LogP contribution in [0.5, 0.6) is 0 Å². The lowest BCUT2D eigenvalue weighted by Gasteiger charge is -2.13. The van der Waals surface area contributed by atoms with Crippen LogP contribution in [0.3, 0.4) is 0 Å². The number of thiophene rings is 1. The maximum Gasteiger partial charge on any atom is 0.321 e. The number of imide groups is 1. The molecule has 7 nitrogen and oxygen atoms in total. The predicted octanol–water partition coefficient (Wildman–Crippen LogP) is 3.82. The summed E-state index contributed by atoms with van der Waals surface area (Å²) in [7, 11) is 0. The number of benzene rings is 1. The molecule has 2 heterocycles. The summed E-state index contributed by atoms with van der Waals surface area (Å²) in [5.74, 6) is -0.170. The van der Waals surface area contributed by atoms with E-state index in [4.69, 9.17) is 4.98 Å². The third kappa shape index (κ3) is 4.73. The van der Waals surface area contributed by atoms with E-state index in [9.17, 15) is 14.4 Å². The van der Waals surface area contributed by atoms with E-state index < -0.39 is 11.9 Å². The quantitative estimate of drug-likeness (QED) is 0.422. The second kappa shape index (κ2) is 9.46. The first-order valence-corrected chi connectivity index (χ1v) is 12.5. The van der Waals surface area contributed by atoms with Crippen molar-refractivity contribution in [2.75, 3.05) is 12.3 Å². The average Bonchev–Trinajstić information content (AvgIpc) is 3.32. The summed E-state index contributed by atoms with van der Waals surface area (Å²) in [5, 5.41) is 6.14. The molecule has 3 amide bonds. The van der Waals surface area contributed by atoms with E-state index in [1.165, 1.54) is 4.88 Å². The molecule has 1 aromatic carbocycles. The van der Waals surface area contributed by atoms with Gasteiger partial charge >= 0.3 is 6.03 Å². The molecule has 4 rings (SSSR count). The van der Waals surface area contributed by atoms with Crippen LogP contribution in [-0.4, -0.2) is 33.8 Å². The van der Waals surface area contributed by atoms with Gasteiger partial charge in [0, 0.05) is 11.4 Å². The molecular formula is C23H26N4O3S2. The third-order valence-corrected chi connectivity index (χ3v) is 7.38. The zero-order valence-electron chi connectivity index (χ0n) is 18.4. The lowest BCUT2D eigenvalue weighted by atomic mass is 10.2. The highest BCUT2D eigenvalue weighted by Gasteiger charge is 2.24. The summed E-state index contributed by atoms with van der Waals surface area (Å²) in [6.07, 6.45) is 2.95. The Bertz CT molecular complexity index is 1230. The summed E-state index contributed by atoms with van der Waals surface area (Å²) < 4.78 is 1.59. The number of amides is 3. The molecule has 32 heavy (non-hydrogen) atoms. The van der Waals surface area contributed by atoms with E-state index in [-0.39, 0.29) is 17.2 Å². The Hall–Kier alpha value is -2.65. The van der Waals surface area contributed by atoms with E-state index in [0.29, 0.717) is 22.8 Å². The number of nitrogens with one attached hydrogen (secondary N) is 2. The fourth-order valence-electron chi connectivity index (χ4n) is 3.68. The molecule has 3 aromatic rings. The van der Waals surface area contributed by atoms with Gasteiger partial charge in [-0.25, -0.2) is 9.78 Å². The van der Waals surface area contributed by atoms with Crippen molar-refractivity contribution in [2.24, 2.45) is 5.92 Å². The smallest absolute Gasteiger partial charge is 0.321 e. The van der Waals surface area contributed by atoms with E-state index in [1.54, 1.807) is 15.9 Å². The van der Waals surface area contributed by atoms with Gasteiger partial charge in [-0.15, -0.1) is 11.3 Å². The van der Waals surface area contributed by atoms with Gasteiger partial charge in [-0.2, -0.15) is 0 Å². The minimum absolute atomic E-state index is 0.0238. The third-order valence-electron chi connectivity index (χ3n) is 5.26. The van der Waals surface area contributed by atoms with Crippen LogP contribution in [0.4, 0.5) is 4.79 Å². The van der Waals surface area contributed by atoms with Crippen LogP contribution in [0.2, 0.25) is 0 Å². The first-order chi connectivity index (χ1) is 15.3. The number of nitrogens with zero attached hydrogens (tertiary/aromatic N) is 2. The number of aryl methyl sites for hydroxylation is 3. The monoisotopic (exact) mass is 470 g/mol. The molecule has 0 radical (unpaired) electrons. The largest absolute Gasteiger partial charge is 0.338 e. The maximum absolute atomic E-state index is 13.6. The molecule has 0 saturated carbocycles. The molecule has 9 heteroatoms.